The molecule has 0 bridgehead atoms. The predicted molar refractivity (Wildman–Crippen MR) is 53.4 cm³/mol. The predicted octanol–water partition coefficient (Wildman–Crippen LogP) is 2.62. The molecular formula is C11H20O2. The van der Waals surface area contributed by atoms with Crippen molar-refractivity contribution in [3.05, 3.63) is 11.3 Å². The molecule has 0 radical (unpaired) electrons. The van der Waals surface area contributed by atoms with E-state index >= 15 is 0 Å². The van der Waals surface area contributed by atoms with E-state index in [1.165, 1.54) is 0 Å². The highest BCUT2D eigenvalue weighted by molar-refractivity contribution is 5.12. The molecular weight excluding hydrogens is 164 g/mol. The minimum absolute atomic E-state index is 0.269. The molecule has 1 aliphatic rings. The Kier molecular flexibility index (Phi) is 4.29. The van der Waals surface area contributed by atoms with Crippen molar-refractivity contribution in [3.63, 3.8) is 0 Å². The molecule has 1 atom stereocenters. The number of rotatable bonds is 3. The van der Waals surface area contributed by atoms with Crippen molar-refractivity contribution in [3.8, 4) is 0 Å². The van der Waals surface area contributed by atoms with Gasteiger partial charge in [0, 0.05) is 6.42 Å². The van der Waals surface area contributed by atoms with Crippen molar-refractivity contribution in [2.24, 2.45) is 0 Å². The third-order valence-electron chi connectivity index (χ3n) is 2.55. The topological polar surface area (TPSA) is 29.5 Å². The lowest BCUT2D eigenvalue weighted by Crippen LogP contribution is -2.09. The van der Waals surface area contributed by atoms with Crippen LogP contribution in [0.5, 0.6) is 0 Å². The molecule has 1 rings (SSSR count). The maximum Gasteiger partial charge on any atom is 0.0974 e. The smallest absolute Gasteiger partial charge is 0.0974 e. The van der Waals surface area contributed by atoms with Crippen LogP contribution < -0.4 is 0 Å². The van der Waals surface area contributed by atoms with Gasteiger partial charge in [0.2, 0.25) is 0 Å². The van der Waals surface area contributed by atoms with Crippen LogP contribution in [0.4, 0.5) is 0 Å². The van der Waals surface area contributed by atoms with Crippen LogP contribution in [0.3, 0.4) is 0 Å². The zero-order chi connectivity index (χ0) is 9.68. The van der Waals surface area contributed by atoms with E-state index in [1.807, 2.05) is 6.92 Å². The summed E-state index contributed by atoms with van der Waals surface area (Å²) < 4.78 is 5.61. The third-order valence-corrected chi connectivity index (χ3v) is 2.55. The van der Waals surface area contributed by atoms with Gasteiger partial charge in [-0.15, -0.1) is 0 Å². The second-order valence-electron chi connectivity index (χ2n) is 3.72. The molecule has 2 nitrogen and oxygen atoms in total. The van der Waals surface area contributed by atoms with E-state index in [-0.39, 0.29) is 6.10 Å². The highest BCUT2D eigenvalue weighted by atomic mass is 16.5. The van der Waals surface area contributed by atoms with Gasteiger partial charge in [0.05, 0.1) is 18.5 Å². The highest BCUT2D eigenvalue weighted by Gasteiger charge is 2.16. The normalized spacial score (nSPS) is 24.4. The van der Waals surface area contributed by atoms with E-state index in [2.05, 4.69) is 6.92 Å². The molecule has 2 heteroatoms. The van der Waals surface area contributed by atoms with Gasteiger partial charge in [-0.05, 0) is 31.8 Å². The third kappa shape index (κ3) is 3.03. The Morgan fingerprint density at radius 2 is 2.23 bits per heavy atom. The summed E-state index contributed by atoms with van der Waals surface area (Å²) in [7, 11) is 0. The van der Waals surface area contributed by atoms with E-state index in [9.17, 15) is 5.11 Å². The van der Waals surface area contributed by atoms with Gasteiger partial charge in [-0.1, -0.05) is 13.3 Å². The molecule has 0 aromatic rings. The second-order valence-corrected chi connectivity index (χ2v) is 3.72. The average Bonchev–Trinajstić information content (AvgIpc) is 2.28. The Hall–Kier alpha value is -0.500. The van der Waals surface area contributed by atoms with Crippen LogP contribution in [-0.4, -0.2) is 17.8 Å². The summed E-state index contributed by atoms with van der Waals surface area (Å²) in [5, 5.41) is 9.69. The van der Waals surface area contributed by atoms with Gasteiger partial charge in [-0.3, -0.25) is 0 Å². The average molecular weight is 184 g/mol. The first-order chi connectivity index (χ1) is 6.25. The highest BCUT2D eigenvalue weighted by Crippen LogP contribution is 2.24. The van der Waals surface area contributed by atoms with Crippen LogP contribution in [0.25, 0.3) is 0 Å². The van der Waals surface area contributed by atoms with Gasteiger partial charge >= 0.3 is 0 Å². The van der Waals surface area contributed by atoms with Crippen molar-refractivity contribution in [1.82, 2.24) is 0 Å². The first-order valence-corrected chi connectivity index (χ1v) is 5.26. The molecule has 0 aromatic heterocycles. The summed E-state index contributed by atoms with van der Waals surface area (Å²) in [4.78, 5) is 0. The zero-order valence-electron chi connectivity index (χ0n) is 8.68. The SMILES string of the molecule is CCCOC1=C(C)[C@H](O)CCCC1. The maximum absolute atomic E-state index is 9.69. The van der Waals surface area contributed by atoms with Gasteiger partial charge in [-0.2, -0.15) is 0 Å². The van der Waals surface area contributed by atoms with E-state index in [0.717, 1.165) is 50.0 Å². The Labute approximate surface area is 80.6 Å². The fraction of sp³-hybridized carbons (Fsp3) is 0.818. The summed E-state index contributed by atoms with van der Waals surface area (Å²) in [6, 6.07) is 0. The van der Waals surface area contributed by atoms with Crippen molar-refractivity contribution >= 4 is 0 Å². The minimum atomic E-state index is -0.269. The van der Waals surface area contributed by atoms with Gasteiger partial charge in [0.15, 0.2) is 0 Å². The summed E-state index contributed by atoms with van der Waals surface area (Å²) in [6.45, 7) is 4.86. The number of allylic oxidation sites excluding steroid dienone is 1. The molecule has 0 spiro atoms. The van der Waals surface area contributed by atoms with Crippen LogP contribution in [-0.2, 0) is 4.74 Å². The van der Waals surface area contributed by atoms with Gasteiger partial charge in [0.25, 0.3) is 0 Å². The quantitative estimate of drug-likeness (QED) is 0.730. The molecule has 0 aliphatic heterocycles. The Morgan fingerprint density at radius 3 is 2.92 bits per heavy atom. The molecule has 0 heterocycles. The maximum atomic E-state index is 9.69. The Bertz CT molecular complexity index is 185. The molecule has 0 unspecified atom stereocenters. The largest absolute Gasteiger partial charge is 0.498 e. The minimum Gasteiger partial charge on any atom is -0.498 e. The number of aliphatic hydroxyl groups excluding tert-OH is 1. The van der Waals surface area contributed by atoms with Crippen molar-refractivity contribution < 1.29 is 9.84 Å². The van der Waals surface area contributed by atoms with Crippen molar-refractivity contribution in [2.45, 2.75) is 52.1 Å². The molecule has 76 valence electrons. The molecule has 0 aromatic carbocycles. The van der Waals surface area contributed by atoms with Crippen LogP contribution in [0.1, 0.15) is 46.0 Å². The monoisotopic (exact) mass is 184 g/mol. The van der Waals surface area contributed by atoms with E-state index in [0.29, 0.717) is 0 Å². The van der Waals surface area contributed by atoms with Crippen LogP contribution in [0.15, 0.2) is 11.3 Å². The molecule has 13 heavy (non-hydrogen) atoms. The lowest BCUT2D eigenvalue weighted by atomic mass is 10.1. The Balaban J connectivity index is 2.58. The van der Waals surface area contributed by atoms with Crippen molar-refractivity contribution in [2.75, 3.05) is 6.61 Å². The number of hydrogen-bond donors (Lipinski definition) is 1. The lowest BCUT2D eigenvalue weighted by Gasteiger charge is -2.13. The van der Waals surface area contributed by atoms with Gasteiger partial charge in [-0.25, -0.2) is 0 Å². The van der Waals surface area contributed by atoms with Crippen LogP contribution >= 0.6 is 0 Å². The number of aliphatic hydroxyl groups is 1. The lowest BCUT2D eigenvalue weighted by molar-refractivity contribution is 0.174. The first-order valence-electron chi connectivity index (χ1n) is 5.26. The van der Waals surface area contributed by atoms with Crippen LogP contribution in [0.2, 0.25) is 0 Å². The van der Waals surface area contributed by atoms with Gasteiger partial charge < -0.3 is 9.84 Å². The second kappa shape index (κ2) is 5.28. The molecule has 1 N–H and O–H groups in total. The molecule has 0 amide bonds. The van der Waals surface area contributed by atoms with E-state index in [1.54, 1.807) is 0 Å². The fourth-order valence-corrected chi connectivity index (χ4v) is 1.63. The zero-order valence-corrected chi connectivity index (χ0v) is 8.68. The number of hydrogen-bond acceptors (Lipinski definition) is 2. The summed E-state index contributed by atoms with van der Waals surface area (Å²) in [6.07, 6.45) is 4.92. The standard InChI is InChI=1S/C11H20O2/c1-3-8-13-11-7-5-4-6-10(12)9(11)2/h10,12H,3-8H2,1-2H3/t10-/m1/s1. The molecule has 0 saturated heterocycles. The van der Waals surface area contributed by atoms with E-state index in [4.69, 9.17) is 4.74 Å². The fourth-order valence-electron chi connectivity index (χ4n) is 1.63. The first kappa shape index (κ1) is 10.6. The summed E-state index contributed by atoms with van der Waals surface area (Å²) in [5.41, 5.74) is 1.05. The van der Waals surface area contributed by atoms with E-state index < -0.39 is 0 Å². The van der Waals surface area contributed by atoms with Crippen LogP contribution in [0, 0.1) is 0 Å². The summed E-state index contributed by atoms with van der Waals surface area (Å²) >= 11 is 0. The summed E-state index contributed by atoms with van der Waals surface area (Å²) in [5.74, 6) is 1.03. The van der Waals surface area contributed by atoms with Crippen molar-refractivity contribution in [1.29, 1.82) is 0 Å². The number of ether oxygens (including phenoxy) is 1. The Morgan fingerprint density at radius 1 is 1.46 bits per heavy atom. The molecule has 0 saturated carbocycles. The molecule has 1 aliphatic carbocycles. The van der Waals surface area contributed by atoms with Gasteiger partial charge in [0.1, 0.15) is 0 Å². The molecule has 0 fully saturated rings.